The highest BCUT2D eigenvalue weighted by Gasteiger charge is 2.13. The Morgan fingerprint density at radius 2 is 1.94 bits per heavy atom. The van der Waals surface area contributed by atoms with E-state index in [4.69, 9.17) is 0 Å². The molecule has 0 unspecified atom stereocenters. The molecule has 1 heterocycles. The molecular formula is C13H12N2O2S. The fourth-order valence-electron chi connectivity index (χ4n) is 1.68. The summed E-state index contributed by atoms with van der Waals surface area (Å²) in [5.74, 6) is -0.324. The van der Waals surface area contributed by atoms with Crippen LogP contribution in [-0.2, 0) is 0 Å². The zero-order valence-corrected chi connectivity index (χ0v) is 10.9. The van der Waals surface area contributed by atoms with E-state index in [1.165, 1.54) is 24.9 Å². The van der Waals surface area contributed by atoms with E-state index in [0.29, 0.717) is 10.7 Å². The van der Waals surface area contributed by atoms with Gasteiger partial charge in [0.05, 0.1) is 5.56 Å². The molecule has 0 N–H and O–H groups in total. The fraction of sp³-hybridized carbons (Fsp3) is 0.154. The molecule has 1 aromatic carbocycles. The molecule has 2 aromatic rings. The number of rotatable bonds is 2. The molecule has 0 aliphatic heterocycles. The van der Waals surface area contributed by atoms with Crippen LogP contribution < -0.4 is 5.56 Å². The molecule has 0 fully saturated rings. The van der Waals surface area contributed by atoms with E-state index in [9.17, 15) is 9.59 Å². The second-order valence-electron chi connectivity index (χ2n) is 3.68. The molecule has 5 heteroatoms. The molecule has 18 heavy (non-hydrogen) atoms. The van der Waals surface area contributed by atoms with Crippen LogP contribution in [0.3, 0.4) is 0 Å². The Labute approximate surface area is 109 Å². The third-order valence-electron chi connectivity index (χ3n) is 2.51. The predicted octanol–water partition coefficient (Wildman–Crippen LogP) is 2.29. The molecular weight excluding hydrogens is 248 g/mol. The molecule has 0 atom stereocenters. The minimum atomic E-state index is -0.326. The van der Waals surface area contributed by atoms with Gasteiger partial charge in [-0.2, -0.15) is 0 Å². The van der Waals surface area contributed by atoms with Gasteiger partial charge >= 0.3 is 0 Å². The van der Waals surface area contributed by atoms with Gasteiger partial charge in [0.1, 0.15) is 0 Å². The maximum absolute atomic E-state index is 12.3. The highest BCUT2D eigenvalue weighted by Crippen LogP contribution is 2.16. The van der Waals surface area contributed by atoms with Crippen molar-refractivity contribution in [2.75, 3.05) is 6.26 Å². The average molecular weight is 260 g/mol. The van der Waals surface area contributed by atoms with E-state index in [2.05, 4.69) is 4.98 Å². The Hall–Kier alpha value is -1.88. The first kappa shape index (κ1) is 12.6. The summed E-state index contributed by atoms with van der Waals surface area (Å²) in [5, 5.41) is 0.409. The molecule has 0 saturated carbocycles. The van der Waals surface area contributed by atoms with Gasteiger partial charge in [0.25, 0.3) is 5.56 Å². The molecule has 4 nitrogen and oxygen atoms in total. The van der Waals surface area contributed by atoms with Crippen LogP contribution in [0.25, 0.3) is 11.1 Å². The van der Waals surface area contributed by atoms with Crippen LogP contribution in [0.15, 0.2) is 46.5 Å². The Balaban J connectivity index is 2.70. The number of thioether (sulfide) groups is 1. The summed E-state index contributed by atoms with van der Waals surface area (Å²) in [7, 11) is 0. The van der Waals surface area contributed by atoms with Crippen molar-refractivity contribution in [2.45, 2.75) is 12.1 Å². The maximum Gasteiger partial charge on any atom is 0.268 e. The molecule has 92 valence electrons. The maximum atomic E-state index is 12.3. The van der Waals surface area contributed by atoms with Gasteiger partial charge in [-0.15, -0.1) is 0 Å². The zero-order valence-electron chi connectivity index (χ0n) is 10.1. The van der Waals surface area contributed by atoms with Crippen LogP contribution in [0.4, 0.5) is 0 Å². The lowest BCUT2D eigenvalue weighted by molar-refractivity contribution is 0.0919. The monoisotopic (exact) mass is 260 g/mol. The number of aromatic nitrogens is 2. The van der Waals surface area contributed by atoms with Gasteiger partial charge < -0.3 is 0 Å². The summed E-state index contributed by atoms with van der Waals surface area (Å²) in [4.78, 5) is 28.0. The third-order valence-corrected chi connectivity index (χ3v) is 3.16. The summed E-state index contributed by atoms with van der Waals surface area (Å²) < 4.78 is 1.10. The van der Waals surface area contributed by atoms with Gasteiger partial charge in [-0.05, 0) is 11.8 Å². The van der Waals surface area contributed by atoms with Crippen molar-refractivity contribution in [3.63, 3.8) is 0 Å². The van der Waals surface area contributed by atoms with Crippen molar-refractivity contribution in [1.82, 2.24) is 9.55 Å². The van der Waals surface area contributed by atoms with E-state index in [1.54, 1.807) is 6.26 Å². The van der Waals surface area contributed by atoms with Crippen LogP contribution >= 0.6 is 11.8 Å². The molecule has 0 bridgehead atoms. The molecule has 1 aromatic heterocycles. The number of carbonyl (C=O) groups is 1. The van der Waals surface area contributed by atoms with Crippen LogP contribution in [0.1, 0.15) is 11.7 Å². The first-order chi connectivity index (χ1) is 8.65. The van der Waals surface area contributed by atoms with Gasteiger partial charge in [-0.3, -0.25) is 9.59 Å². The minimum Gasteiger partial charge on any atom is -0.274 e. The van der Waals surface area contributed by atoms with Crippen molar-refractivity contribution in [2.24, 2.45) is 0 Å². The lowest BCUT2D eigenvalue weighted by Gasteiger charge is -2.08. The Morgan fingerprint density at radius 1 is 1.28 bits per heavy atom. The molecule has 0 radical (unpaired) electrons. The van der Waals surface area contributed by atoms with Gasteiger partial charge in [-0.1, -0.05) is 42.1 Å². The van der Waals surface area contributed by atoms with Crippen LogP contribution in [0, 0.1) is 0 Å². The van der Waals surface area contributed by atoms with Crippen molar-refractivity contribution in [3.05, 3.63) is 46.9 Å². The molecule has 0 spiro atoms. The number of hydrogen-bond donors (Lipinski definition) is 0. The minimum absolute atomic E-state index is 0.324. The highest BCUT2D eigenvalue weighted by atomic mass is 32.2. The highest BCUT2D eigenvalue weighted by molar-refractivity contribution is 7.98. The standard InChI is InChI=1S/C13H12N2O2S/c1-9(16)15-12(17)11(8-14-13(15)18-2)10-6-4-3-5-7-10/h3-8H,1-2H3. The summed E-state index contributed by atoms with van der Waals surface area (Å²) in [6.45, 7) is 1.36. The Morgan fingerprint density at radius 3 is 2.50 bits per heavy atom. The van der Waals surface area contributed by atoms with Gasteiger partial charge in [0.15, 0.2) is 5.16 Å². The van der Waals surface area contributed by atoms with E-state index < -0.39 is 0 Å². The molecule has 0 saturated heterocycles. The summed E-state index contributed by atoms with van der Waals surface area (Å²) in [6, 6.07) is 9.20. The second-order valence-corrected chi connectivity index (χ2v) is 4.46. The van der Waals surface area contributed by atoms with E-state index >= 15 is 0 Å². The number of hydrogen-bond acceptors (Lipinski definition) is 4. The molecule has 2 rings (SSSR count). The second kappa shape index (κ2) is 5.18. The van der Waals surface area contributed by atoms with Crippen LogP contribution in [0.2, 0.25) is 0 Å². The van der Waals surface area contributed by atoms with Crippen molar-refractivity contribution in [1.29, 1.82) is 0 Å². The number of carbonyl (C=O) groups excluding carboxylic acids is 1. The molecule has 0 aliphatic carbocycles. The normalized spacial score (nSPS) is 10.3. The first-order valence-corrected chi connectivity index (χ1v) is 6.60. The summed E-state index contributed by atoms with van der Waals surface area (Å²) in [5.41, 5.74) is 0.870. The summed E-state index contributed by atoms with van der Waals surface area (Å²) >= 11 is 1.27. The fourth-order valence-corrected chi connectivity index (χ4v) is 2.23. The van der Waals surface area contributed by atoms with E-state index in [-0.39, 0.29) is 11.5 Å². The van der Waals surface area contributed by atoms with E-state index in [0.717, 1.165) is 10.1 Å². The first-order valence-electron chi connectivity index (χ1n) is 5.37. The third kappa shape index (κ3) is 2.22. The van der Waals surface area contributed by atoms with Gasteiger partial charge in [0, 0.05) is 13.1 Å². The van der Waals surface area contributed by atoms with Crippen molar-refractivity contribution < 1.29 is 4.79 Å². The lowest BCUT2D eigenvalue weighted by Crippen LogP contribution is -2.28. The smallest absolute Gasteiger partial charge is 0.268 e. The number of benzene rings is 1. The van der Waals surface area contributed by atoms with Gasteiger partial charge in [0.2, 0.25) is 5.91 Å². The van der Waals surface area contributed by atoms with Crippen molar-refractivity contribution in [3.8, 4) is 11.1 Å². The quantitative estimate of drug-likeness (QED) is 0.614. The Bertz CT molecular complexity index is 635. The van der Waals surface area contributed by atoms with E-state index in [1.807, 2.05) is 30.3 Å². The van der Waals surface area contributed by atoms with Crippen LogP contribution in [-0.4, -0.2) is 21.7 Å². The topological polar surface area (TPSA) is 52.0 Å². The predicted molar refractivity (Wildman–Crippen MR) is 72.0 cm³/mol. The van der Waals surface area contributed by atoms with Crippen LogP contribution in [0.5, 0.6) is 0 Å². The zero-order chi connectivity index (χ0) is 13.1. The SMILES string of the molecule is CSc1ncc(-c2ccccc2)c(=O)n1C(C)=O. The molecule has 0 amide bonds. The van der Waals surface area contributed by atoms with Crippen molar-refractivity contribution >= 4 is 17.7 Å². The van der Waals surface area contributed by atoms with Gasteiger partial charge in [-0.25, -0.2) is 9.55 Å². The number of nitrogens with zero attached hydrogens (tertiary/aromatic N) is 2. The average Bonchev–Trinajstić information content (AvgIpc) is 2.38. The Kier molecular flexibility index (Phi) is 3.62. The summed E-state index contributed by atoms with van der Waals surface area (Å²) in [6.07, 6.45) is 3.30. The molecule has 0 aliphatic rings. The lowest BCUT2D eigenvalue weighted by atomic mass is 10.1. The largest absolute Gasteiger partial charge is 0.274 e.